The molecule has 0 saturated carbocycles. The molecule has 1 aliphatic heterocycles. The smallest absolute Gasteiger partial charge is 0.244 e. The van der Waals surface area contributed by atoms with E-state index in [1.54, 1.807) is 6.07 Å². The fourth-order valence-corrected chi connectivity index (χ4v) is 2.48. The fraction of sp³-hybridized carbons (Fsp3) is 0.462. The van der Waals surface area contributed by atoms with E-state index >= 15 is 0 Å². The van der Waals surface area contributed by atoms with E-state index < -0.39 is 0 Å². The van der Waals surface area contributed by atoms with Crippen LogP contribution in [0.2, 0.25) is 10.0 Å². The van der Waals surface area contributed by atoms with Gasteiger partial charge >= 0.3 is 0 Å². The number of amides is 1. The number of carbonyl (C=O) groups excluding carboxylic acids is 1. The second-order valence-electron chi connectivity index (χ2n) is 4.50. The molecule has 1 aliphatic rings. The van der Waals surface area contributed by atoms with Crippen LogP contribution in [0.15, 0.2) is 18.2 Å². The summed E-state index contributed by atoms with van der Waals surface area (Å²) < 4.78 is 0. The number of benzene rings is 1. The van der Waals surface area contributed by atoms with Gasteiger partial charge in [-0.1, -0.05) is 29.3 Å². The van der Waals surface area contributed by atoms with Crippen molar-refractivity contribution in [2.75, 3.05) is 18.4 Å². The number of carbonyl (C=O) groups is 1. The molecular weight excluding hydrogens is 271 g/mol. The summed E-state index contributed by atoms with van der Waals surface area (Å²) in [5.74, 6) is 0.114. The Morgan fingerprint density at radius 3 is 2.67 bits per heavy atom. The van der Waals surface area contributed by atoms with Crippen molar-refractivity contribution >= 4 is 34.8 Å². The molecule has 5 heteroatoms. The molecule has 18 heavy (non-hydrogen) atoms. The van der Waals surface area contributed by atoms with Crippen molar-refractivity contribution in [3.05, 3.63) is 28.2 Å². The molecule has 1 heterocycles. The minimum Gasteiger partial charge on any atom is -0.373 e. The highest BCUT2D eigenvalue weighted by Gasteiger charge is 2.23. The van der Waals surface area contributed by atoms with Crippen molar-refractivity contribution in [1.82, 2.24) is 4.90 Å². The predicted octanol–water partition coefficient (Wildman–Crippen LogP) is 3.42. The molecule has 0 bridgehead atoms. The summed E-state index contributed by atoms with van der Waals surface area (Å²) in [6, 6.07) is 5.06. The van der Waals surface area contributed by atoms with Gasteiger partial charge in [-0.05, 0) is 31.9 Å². The van der Waals surface area contributed by atoms with Gasteiger partial charge in [0.25, 0.3) is 0 Å². The lowest BCUT2D eigenvalue weighted by Crippen LogP contribution is -2.39. The maximum atomic E-state index is 12.1. The van der Waals surface area contributed by atoms with E-state index in [-0.39, 0.29) is 11.9 Å². The van der Waals surface area contributed by atoms with Crippen LogP contribution in [-0.4, -0.2) is 29.9 Å². The number of anilines is 1. The largest absolute Gasteiger partial charge is 0.373 e. The van der Waals surface area contributed by atoms with Crippen LogP contribution in [0.4, 0.5) is 5.69 Å². The van der Waals surface area contributed by atoms with E-state index in [0.717, 1.165) is 25.9 Å². The summed E-state index contributed by atoms with van der Waals surface area (Å²) in [6.07, 6.45) is 2.19. The first-order chi connectivity index (χ1) is 8.59. The molecule has 1 aromatic carbocycles. The van der Waals surface area contributed by atoms with Gasteiger partial charge in [-0.3, -0.25) is 4.79 Å². The summed E-state index contributed by atoms with van der Waals surface area (Å²) in [5.41, 5.74) is 0.698. The van der Waals surface area contributed by atoms with Crippen molar-refractivity contribution in [2.24, 2.45) is 0 Å². The van der Waals surface area contributed by atoms with Crippen LogP contribution in [0.25, 0.3) is 0 Å². The molecule has 1 amide bonds. The van der Waals surface area contributed by atoms with E-state index in [4.69, 9.17) is 23.2 Å². The Morgan fingerprint density at radius 1 is 1.33 bits per heavy atom. The van der Waals surface area contributed by atoms with Crippen LogP contribution >= 0.6 is 23.2 Å². The van der Waals surface area contributed by atoms with Gasteiger partial charge in [0, 0.05) is 13.1 Å². The average molecular weight is 287 g/mol. The number of nitrogens with one attached hydrogen (secondary N) is 1. The molecule has 98 valence electrons. The van der Waals surface area contributed by atoms with Crippen molar-refractivity contribution in [2.45, 2.75) is 25.8 Å². The van der Waals surface area contributed by atoms with E-state index in [9.17, 15) is 4.79 Å². The molecule has 1 saturated heterocycles. The first kappa shape index (κ1) is 13.5. The number of rotatable bonds is 3. The third kappa shape index (κ3) is 2.90. The van der Waals surface area contributed by atoms with Gasteiger partial charge < -0.3 is 10.2 Å². The average Bonchev–Trinajstić information content (AvgIpc) is 2.87. The van der Waals surface area contributed by atoms with Gasteiger partial charge in [0.2, 0.25) is 5.91 Å². The molecule has 1 aromatic rings. The quantitative estimate of drug-likeness (QED) is 0.924. The minimum atomic E-state index is -0.293. The molecule has 0 radical (unpaired) electrons. The highest BCUT2D eigenvalue weighted by molar-refractivity contribution is 6.43. The highest BCUT2D eigenvalue weighted by Crippen LogP contribution is 2.30. The van der Waals surface area contributed by atoms with Crippen molar-refractivity contribution in [1.29, 1.82) is 0 Å². The molecule has 1 atom stereocenters. The second-order valence-corrected chi connectivity index (χ2v) is 5.28. The van der Waals surface area contributed by atoms with Crippen LogP contribution in [0, 0.1) is 0 Å². The SMILES string of the molecule is CC(Nc1cccc(Cl)c1Cl)C(=O)N1CCCC1. The van der Waals surface area contributed by atoms with E-state index in [0.29, 0.717) is 15.7 Å². The zero-order valence-electron chi connectivity index (χ0n) is 10.2. The number of halogens is 2. The molecule has 1 N–H and O–H groups in total. The van der Waals surface area contributed by atoms with Gasteiger partial charge in [0.15, 0.2) is 0 Å². The van der Waals surface area contributed by atoms with E-state index in [1.165, 1.54) is 0 Å². The summed E-state index contributed by atoms with van der Waals surface area (Å²) in [5, 5.41) is 4.07. The van der Waals surface area contributed by atoms with E-state index in [2.05, 4.69) is 5.32 Å². The summed E-state index contributed by atoms with van der Waals surface area (Å²) >= 11 is 12.0. The fourth-order valence-electron chi connectivity index (χ4n) is 2.12. The summed E-state index contributed by atoms with van der Waals surface area (Å²) in [7, 11) is 0. The number of nitrogens with zero attached hydrogens (tertiary/aromatic N) is 1. The van der Waals surface area contributed by atoms with Crippen LogP contribution in [-0.2, 0) is 4.79 Å². The Morgan fingerprint density at radius 2 is 2.00 bits per heavy atom. The number of likely N-dealkylation sites (tertiary alicyclic amines) is 1. The zero-order valence-corrected chi connectivity index (χ0v) is 11.8. The molecule has 2 rings (SSSR count). The second kappa shape index (κ2) is 5.81. The maximum absolute atomic E-state index is 12.1. The number of hydrogen-bond donors (Lipinski definition) is 1. The first-order valence-corrected chi connectivity index (χ1v) is 6.84. The molecule has 0 spiro atoms. The molecule has 3 nitrogen and oxygen atoms in total. The molecular formula is C13H16Cl2N2O. The van der Waals surface area contributed by atoms with Crippen molar-refractivity contribution in [3.8, 4) is 0 Å². The Hall–Kier alpha value is -0.930. The molecule has 0 aromatic heterocycles. The normalized spacial score (nSPS) is 16.7. The van der Waals surface area contributed by atoms with Crippen molar-refractivity contribution in [3.63, 3.8) is 0 Å². The lowest BCUT2D eigenvalue weighted by molar-refractivity contribution is -0.130. The highest BCUT2D eigenvalue weighted by atomic mass is 35.5. The van der Waals surface area contributed by atoms with Crippen molar-refractivity contribution < 1.29 is 4.79 Å². The monoisotopic (exact) mass is 286 g/mol. The molecule has 1 fully saturated rings. The molecule has 1 unspecified atom stereocenters. The minimum absolute atomic E-state index is 0.114. The Balaban J connectivity index is 2.04. The van der Waals surface area contributed by atoms with E-state index in [1.807, 2.05) is 24.0 Å². The van der Waals surface area contributed by atoms with Gasteiger partial charge in [-0.15, -0.1) is 0 Å². The topological polar surface area (TPSA) is 32.3 Å². The third-order valence-electron chi connectivity index (χ3n) is 3.11. The van der Waals surface area contributed by atoms with Crippen LogP contribution in [0.5, 0.6) is 0 Å². The summed E-state index contributed by atoms with van der Waals surface area (Å²) in [4.78, 5) is 14.0. The van der Waals surface area contributed by atoms with Gasteiger partial charge in [-0.2, -0.15) is 0 Å². The van der Waals surface area contributed by atoms with Crippen LogP contribution < -0.4 is 5.32 Å². The third-order valence-corrected chi connectivity index (χ3v) is 3.93. The van der Waals surface area contributed by atoms with Gasteiger partial charge in [0.05, 0.1) is 15.7 Å². The van der Waals surface area contributed by atoms with Gasteiger partial charge in [-0.25, -0.2) is 0 Å². The summed E-state index contributed by atoms with van der Waals surface area (Å²) in [6.45, 7) is 3.56. The zero-order chi connectivity index (χ0) is 13.1. The lowest BCUT2D eigenvalue weighted by Gasteiger charge is -2.22. The molecule has 0 aliphatic carbocycles. The van der Waals surface area contributed by atoms with Gasteiger partial charge in [0.1, 0.15) is 6.04 Å². The Bertz CT molecular complexity index is 445. The standard InChI is InChI=1S/C13H16Cl2N2O/c1-9(13(18)17-7-2-3-8-17)16-11-6-4-5-10(14)12(11)15/h4-6,9,16H,2-3,7-8H2,1H3. The Kier molecular flexibility index (Phi) is 4.36. The first-order valence-electron chi connectivity index (χ1n) is 6.09. The predicted molar refractivity (Wildman–Crippen MR) is 75.4 cm³/mol. The lowest BCUT2D eigenvalue weighted by atomic mass is 10.2. The van der Waals surface area contributed by atoms with Crippen LogP contribution in [0.1, 0.15) is 19.8 Å². The Labute approximate surface area is 117 Å². The van der Waals surface area contributed by atoms with Crippen LogP contribution in [0.3, 0.4) is 0 Å². The maximum Gasteiger partial charge on any atom is 0.244 e. The number of hydrogen-bond acceptors (Lipinski definition) is 2.